The second kappa shape index (κ2) is 6.85. The van der Waals surface area contributed by atoms with Crippen molar-refractivity contribution in [2.24, 2.45) is 0 Å². The molecule has 8 heteroatoms. The van der Waals surface area contributed by atoms with Crippen LogP contribution < -0.4 is 10.2 Å². The van der Waals surface area contributed by atoms with Crippen molar-refractivity contribution in [1.82, 2.24) is 9.97 Å². The van der Waals surface area contributed by atoms with Crippen LogP contribution in [-0.2, 0) is 6.42 Å². The fourth-order valence-corrected chi connectivity index (χ4v) is 3.51. The zero-order chi connectivity index (χ0) is 19.0. The summed E-state index contributed by atoms with van der Waals surface area (Å²) in [5.41, 5.74) is 3.50. The number of nitro groups is 1. The highest BCUT2D eigenvalue weighted by atomic mass is 35.5. The molecule has 0 aliphatic carbocycles. The number of aromatic nitrogens is 2. The summed E-state index contributed by atoms with van der Waals surface area (Å²) in [7, 11) is 0. The van der Waals surface area contributed by atoms with Crippen LogP contribution in [-0.4, -0.2) is 21.4 Å². The Hall–Kier alpha value is -3.19. The molecule has 136 valence electrons. The summed E-state index contributed by atoms with van der Waals surface area (Å²) in [5.74, 6) is 0.439. The molecule has 0 fully saturated rings. The number of para-hydroxylation sites is 1. The molecule has 0 spiro atoms. The van der Waals surface area contributed by atoms with Gasteiger partial charge >= 0.3 is 5.69 Å². The summed E-state index contributed by atoms with van der Waals surface area (Å²) in [6, 6.07) is 13.1. The first-order chi connectivity index (χ1) is 13.0. The number of rotatable bonds is 4. The standard InChI is InChI=1S/C19H16ClN5O2/c1-12-10-14(20)6-7-15(12)23-18-17(25(26)27)19(22-11-21-18)24-9-8-13-4-2-3-5-16(13)24/h2-7,10-11H,8-9H2,1H3,(H,21,22,23). The van der Waals surface area contributed by atoms with Gasteiger partial charge in [-0.2, -0.15) is 0 Å². The van der Waals surface area contributed by atoms with E-state index in [2.05, 4.69) is 15.3 Å². The molecule has 3 aromatic rings. The summed E-state index contributed by atoms with van der Waals surface area (Å²) >= 11 is 5.99. The lowest BCUT2D eigenvalue weighted by Gasteiger charge is -2.19. The van der Waals surface area contributed by atoms with E-state index in [1.807, 2.05) is 36.1 Å². The Labute approximate surface area is 160 Å². The van der Waals surface area contributed by atoms with E-state index in [9.17, 15) is 10.1 Å². The van der Waals surface area contributed by atoms with Crippen molar-refractivity contribution < 1.29 is 4.92 Å². The van der Waals surface area contributed by atoms with E-state index in [4.69, 9.17) is 11.6 Å². The third-order valence-electron chi connectivity index (χ3n) is 4.57. The molecule has 0 atom stereocenters. The maximum atomic E-state index is 11.9. The van der Waals surface area contributed by atoms with Crippen LogP contribution in [0.1, 0.15) is 11.1 Å². The predicted octanol–water partition coefficient (Wildman–Crippen LogP) is 4.78. The van der Waals surface area contributed by atoms with Gasteiger partial charge in [0.1, 0.15) is 6.33 Å². The van der Waals surface area contributed by atoms with Crippen LogP contribution in [0.15, 0.2) is 48.8 Å². The predicted molar refractivity (Wildman–Crippen MR) is 105 cm³/mol. The molecule has 0 unspecified atom stereocenters. The van der Waals surface area contributed by atoms with Crippen molar-refractivity contribution in [2.45, 2.75) is 13.3 Å². The van der Waals surface area contributed by atoms with Gasteiger partial charge in [-0.3, -0.25) is 10.1 Å². The first-order valence-corrected chi connectivity index (χ1v) is 8.80. The largest absolute Gasteiger partial charge is 0.354 e. The molecule has 2 heterocycles. The summed E-state index contributed by atoms with van der Waals surface area (Å²) in [6.45, 7) is 2.51. The van der Waals surface area contributed by atoms with Gasteiger partial charge in [-0.1, -0.05) is 29.8 Å². The zero-order valence-corrected chi connectivity index (χ0v) is 15.3. The van der Waals surface area contributed by atoms with Crippen LogP contribution in [0, 0.1) is 17.0 Å². The molecule has 7 nitrogen and oxygen atoms in total. The average Bonchev–Trinajstić information content (AvgIpc) is 3.07. The molecule has 1 N–H and O–H groups in total. The summed E-state index contributed by atoms with van der Waals surface area (Å²) in [6.07, 6.45) is 2.16. The molecule has 1 aliphatic heterocycles. The van der Waals surface area contributed by atoms with Gasteiger partial charge < -0.3 is 10.2 Å². The molecule has 0 saturated heterocycles. The lowest BCUT2D eigenvalue weighted by molar-refractivity contribution is -0.383. The van der Waals surface area contributed by atoms with Crippen LogP contribution in [0.5, 0.6) is 0 Å². The highest BCUT2D eigenvalue weighted by Gasteiger charge is 2.31. The van der Waals surface area contributed by atoms with E-state index in [1.54, 1.807) is 18.2 Å². The van der Waals surface area contributed by atoms with Gasteiger partial charge in [0.25, 0.3) is 0 Å². The molecule has 2 aromatic carbocycles. The molecule has 27 heavy (non-hydrogen) atoms. The first kappa shape index (κ1) is 17.2. The third kappa shape index (κ3) is 3.17. The van der Waals surface area contributed by atoms with Gasteiger partial charge in [0.15, 0.2) is 0 Å². The van der Waals surface area contributed by atoms with Crippen molar-refractivity contribution in [3.8, 4) is 0 Å². The number of nitrogens with one attached hydrogen (secondary N) is 1. The highest BCUT2D eigenvalue weighted by Crippen LogP contribution is 2.41. The Balaban J connectivity index is 1.79. The number of hydrogen-bond donors (Lipinski definition) is 1. The number of anilines is 4. The molecule has 1 aliphatic rings. The number of fused-ring (bicyclic) bond motifs is 1. The van der Waals surface area contributed by atoms with Crippen LogP contribution >= 0.6 is 11.6 Å². The smallest absolute Gasteiger partial charge is 0.334 e. The zero-order valence-electron chi connectivity index (χ0n) is 14.5. The summed E-state index contributed by atoms with van der Waals surface area (Å²) < 4.78 is 0. The Bertz CT molecular complexity index is 1040. The second-order valence-corrected chi connectivity index (χ2v) is 6.70. The average molecular weight is 382 g/mol. The molecule has 4 rings (SSSR count). The summed E-state index contributed by atoms with van der Waals surface area (Å²) in [5, 5.41) is 15.5. The van der Waals surface area contributed by atoms with E-state index < -0.39 is 4.92 Å². The second-order valence-electron chi connectivity index (χ2n) is 6.27. The monoisotopic (exact) mass is 381 g/mol. The van der Waals surface area contributed by atoms with Crippen LogP contribution in [0.4, 0.5) is 28.7 Å². The van der Waals surface area contributed by atoms with Crippen molar-refractivity contribution in [1.29, 1.82) is 0 Å². The van der Waals surface area contributed by atoms with Gasteiger partial charge in [-0.15, -0.1) is 0 Å². The lowest BCUT2D eigenvalue weighted by Crippen LogP contribution is -2.17. The minimum atomic E-state index is -0.441. The Kier molecular flexibility index (Phi) is 4.37. The van der Waals surface area contributed by atoms with E-state index >= 15 is 0 Å². The Morgan fingerprint density at radius 1 is 1.22 bits per heavy atom. The normalized spacial score (nSPS) is 12.7. The Morgan fingerprint density at radius 3 is 2.81 bits per heavy atom. The topological polar surface area (TPSA) is 84.2 Å². The molecule has 0 radical (unpaired) electrons. The first-order valence-electron chi connectivity index (χ1n) is 8.42. The number of benzene rings is 2. The Morgan fingerprint density at radius 2 is 2.04 bits per heavy atom. The number of hydrogen-bond acceptors (Lipinski definition) is 6. The van der Waals surface area contributed by atoms with Crippen LogP contribution in [0.25, 0.3) is 0 Å². The van der Waals surface area contributed by atoms with Crippen LogP contribution in [0.2, 0.25) is 5.02 Å². The molecular weight excluding hydrogens is 366 g/mol. The van der Waals surface area contributed by atoms with Gasteiger partial charge in [0.2, 0.25) is 11.6 Å². The van der Waals surface area contributed by atoms with Crippen molar-refractivity contribution in [3.63, 3.8) is 0 Å². The maximum Gasteiger partial charge on any atom is 0.354 e. The quantitative estimate of drug-likeness (QED) is 0.517. The molecule has 0 saturated carbocycles. The van der Waals surface area contributed by atoms with Gasteiger partial charge in [-0.25, -0.2) is 9.97 Å². The maximum absolute atomic E-state index is 11.9. The van der Waals surface area contributed by atoms with Gasteiger partial charge in [0, 0.05) is 22.9 Å². The van der Waals surface area contributed by atoms with Gasteiger partial charge in [-0.05, 0) is 48.7 Å². The minimum absolute atomic E-state index is 0.149. The fourth-order valence-electron chi connectivity index (χ4n) is 3.28. The minimum Gasteiger partial charge on any atom is -0.334 e. The van der Waals surface area contributed by atoms with E-state index in [-0.39, 0.29) is 17.3 Å². The van der Waals surface area contributed by atoms with Gasteiger partial charge in [0.05, 0.1) is 4.92 Å². The fraction of sp³-hybridized carbons (Fsp3) is 0.158. The van der Waals surface area contributed by atoms with Crippen molar-refractivity contribution in [2.75, 3.05) is 16.8 Å². The third-order valence-corrected chi connectivity index (χ3v) is 4.80. The number of halogens is 1. The van der Waals surface area contributed by atoms with Crippen LogP contribution in [0.3, 0.4) is 0 Å². The highest BCUT2D eigenvalue weighted by molar-refractivity contribution is 6.30. The molecule has 0 bridgehead atoms. The lowest BCUT2D eigenvalue weighted by atomic mass is 10.2. The van der Waals surface area contributed by atoms with Crippen molar-refractivity contribution >= 4 is 40.3 Å². The van der Waals surface area contributed by atoms with E-state index in [0.717, 1.165) is 23.2 Å². The molecule has 1 aromatic heterocycles. The number of nitrogens with zero attached hydrogens (tertiary/aromatic N) is 4. The number of aryl methyl sites for hydroxylation is 1. The van der Waals surface area contributed by atoms with Crippen molar-refractivity contribution in [3.05, 3.63) is 75.1 Å². The molecular formula is C19H16ClN5O2. The summed E-state index contributed by atoms with van der Waals surface area (Å²) in [4.78, 5) is 21.7. The van der Waals surface area contributed by atoms with E-state index in [1.165, 1.54) is 6.33 Å². The molecule has 0 amide bonds. The SMILES string of the molecule is Cc1cc(Cl)ccc1Nc1ncnc(N2CCc3ccccc32)c1[N+](=O)[O-]. The van der Waals surface area contributed by atoms with E-state index in [0.29, 0.717) is 17.3 Å².